The zero-order valence-corrected chi connectivity index (χ0v) is 21.7. The van der Waals surface area contributed by atoms with Crippen molar-refractivity contribution < 1.29 is 4.79 Å². The minimum Gasteiger partial charge on any atom is -0.367 e. The molecule has 1 amide bonds. The molecule has 0 unspecified atom stereocenters. The van der Waals surface area contributed by atoms with Crippen LogP contribution in [0.5, 0.6) is 0 Å². The predicted octanol–water partition coefficient (Wildman–Crippen LogP) is 3.90. The van der Waals surface area contributed by atoms with Crippen LogP contribution in [0.2, 0.25) is 0 Å². The van der Waals surface area contributed by atoms with Crippen molar-refractivity contribution in [2.45, 2.75) is 25.4 Å². The lowest BCUT2D eigenvalue weighted by Gasteiger charge is -2.32. The first-order valence-electron chi connectivity index (χ1n) is 13.1. The number of aromatic nitrogens is 5. The van der Waals surface area contributed by atoms with Crippen LogP contribution >= 0.6 is 0 Å². The number of hydrogen-bond donors (Lipinski definition) is 2. The standard InChI is InChI=1S/C30H27N9O/c31-18-26-33-14-10-25(36-26)34-23-11-15-38(16-12-23)19-20-6-8-21(9-7-20)27-28(22-4-2-1-3-5-22)39-17-13-24(29(32)40)35-30(39)37-27/h1-10,13-14,17,23H,11-12,15-16,19H2,(H2,32,40)(H,33,34,36). The molecular formula is C30H27N9O. The summed E-state index contributed by atoms with van der Waals surface area (Å²) in [4.78, 5) is 31.5. The van der Waals surface area contributed by atoms with Crippen LogP contribution in [0.25, 0.3) is 28.3 Å². The SMILES string of the molecule is N#Cc1nccc(NC2CCN(Cc3ccc(-c4nc5nc(C(N)=O)ccn5c4-c4ccccc4)cc3)CC2)n1. The topological polar surface area (TPSA) is 138 Å². The van der Waals surface area contributed by atoms with E-state index in [9.17, 15) is 4.79 Å². The van der Waals surface area contributed by atoms with E-state index in [1.807, 2.05) is 40.8 Å². The van der Waals surface area contributed by atoms with Crippen LogP contribution in [-0.2, 0) is 6.54 Å². The first kappa shape index (κ1) is 25.2. The van der Waals surface area contributed by atoms with E-state index in [4.69, 9.17) is 16.0 Å². The van der Waals surface area contributed by atoms with Gasteiger partial charge >= 0.3 is 0 Å². The lowest BCUT2D eigenvalue weighted by Crippen LogP contribution is -2.38. The Bertz CT molecular complexity index is 1700. The van der Waals surface area contributed by atoms with Crippen LogP contribution in [0.4, 0.5) is 5.82 Å². The molecule has 0 saturated carbocycles. The monoisotopic (exact) mass is 529 g/mol. The van der Waals surface area contributed by atoms with Gasteiger partial charge in [0.15, 0.2) is 0 Å². The average molecular weight is 530 g/mol. The van der Waals surface area contributed by atoms with Gasteiger partial charge in [0.25, 0.3) is 5.91 Å². The summed E-state index contributed by atoms with van der Waals surface area (Å²) in [6.07, 6.45) is 5.38. The number of primary amides is 1. The number of anilines is 1. The van der Waals surface area contributed by atoms with Crippen molar-refractivity contribution in [1.82, 2.24) is 29.2 Å². The number of nitriles is 1. The second kappa shape index (κ2) is 10.9. The van der Waals surface area contributed by atoms with E-state index in [1.165, 1.54) is 5.56 Å². The second-order valence-corrected chi connectivity index (χ2v) is 9.79. The van der Waals surface area contributed by atoms with E-state index in [-0.39, 0.29) is 11.5 Å². The van der Waals surface area contributed by atoms with Crippen LogP contribution in [0.3, 0.4) is 0 Å². The summed E-state index contributed by atoms with van der Waals surface area (Å²) in [6.45, 7) is 2.79. The number of piperidine rings is 1. The fraction of sp³-hybridized carbons (Fsp3) is 0.200. The van der Waals surface area contributed by atoms with Gasteiger partial charge in [0, 0.05) is 49.2 Å². The highest BCUT2D eigenvalue weighted by Crippen LogP contribution is 2.32. The number of rotatable bonds is 7. The molecule has 4 heterocycles. The third kappa shape index (κ3) is 5.23. The third-order valence-electron chi connectivity index (χ3n) is 7.12. The van der Waals surface area contributed by atoms with Crippen molar-refractivity contribution in [3.05, 3.63) is 96.2 Å². The fourth-order valence-electron chi connectivity index (χ4n) is 5.11. The second-order valence-electron chi connectivity index (χ2n) is 9.79. The molecule has 40 heavy (non-hydrogen) atoms. The molecule has 10 nitrogen and oxygen atoms in total. The summed E-state index contributed by atoms with van der Waals surface area (Å²) in [5.41, 5.74) is 10.5. The molecule has 5 aromatic rings. The van der Waals surface area contributed by atoms with E-state index >= 15 is 0 Å². The molecule has 1 fully saturated rings. The van der Waals surface area contributed by atoms with Crippen LogP contribution in [-0.4, -0.2) is 54.3 Å². The highest BCUT2D eigenvalue weighted by atomic mass is 16.1. The molecule has 0 atom stereocenters. The van der Waals surface area contributed by atoms with Gasteiger partial charge in [-0.15, -0.1) is 0 Å². The van der Waals surface area contributed by atoms with Crippen LogP contribution < -0.4 is 11.1 Å². The minimum absolute atomic E-state index is 0.178. The first-order valence-corrected chi connectivity index (χ1v) is 13.1. The van der Waals surface area contributed by atoms with Gasteiger partial charge in [-0.1, -0.05) is 54.6 Å². The first-order chi connectivity index (χ1) is 19.6. The van der Waals surface area contributed by atoms with Gasteiger partial charge in [-0.05, 0) is 30.5 Å². The molecule has 3 N–H and O–H groups in total. The molecule has 10 heteroatoms. The Kier molecular flexibility index (Phi) is 6.87. The molecule has 0 bridgehead atoms. The zero-order chi connectivity index (χ0) is 27.5. The van der Waals surface area contributed by atoms with Crippen molar-refractivity contribution in [3.8, 4) is 28.6 Å². The predicted molar refractivity (Wildman–Crippen MR) is 151 cm³/mol. The minimum atomic E-state index is -0.584. The number of hydrogen-bond acceptors (Lipinski definition) is 8. The molecule has 1 saturated heterocycles. The van der Waals surface area contributed by atoms with Gasteiger partial charge in [-0.2, -0.15) is 5.26 Å². The van der Waals surface area contributed by atoms with Gasteiger partial charge in [0.05, 0.1) is 11.4 Å². The highest BCUT2D eigenvalue weighted by molar-refractivity contribution is 5.91. The molecule has 0 aliphatic carbocycles. The summed E-state index contributed by atoms with van der Waals surface area (Å²) >= 11 is 0. The largest absolute Gasteiger partial charge is 0.367 e. The maximum Gasteiger partial charge on any atom is 0.267 e. The molecule has 0 spiro atoms. The van der Waals surface area contributed by atoms with Crippen molar-refractivity contribution in [3.63, 3.8) is 0 Å². The number of carbonyl (C=O) groups is 1. The fourth-order valence-corrected chi connectivity index (χ4v) is 5.11. The van der Waals surface area contributed by atoms with E-state index in [0.717, 1.165) is 55.0 Å². The number of nitrogens with two attached hydrogens (primary N) is 1. The summed E-state index contributed by atoms with van der Waals surface area (Å²) in [6, 6.07) is 24.2. The maximum absolute atomic E-state index is 11.7. The van der Waals surface area contributed by atoms with Crippen LogP contribution in [0.15, 0.2) is 79.1 Å². The molecule has 198 valence electrons. The van der Waals surface area contributed by atoms with Crippen LogP contribution in [0, 0.1) is 11.3 Å². The van der Waals surface area contributed by atoms with E-state index < -0.39 is 5.91 Å². The average Bonchev–Trinajstić information content (AvgIpc) is 3.38. The van der Waals surface area contributed by atoms with Crippen LogP contribution in [0.1, 0.15) is 34.7 Å². The Labute approximate surface area is 231 Å². The van der Waals surface area contributed by atoms with Crippen molar-refractivity contribution in [2.75, 3.05) is 18.4 Å². The quantitative estimate of drug-likeness (QED) is 0.324. The Morgan fingerprint density at radius 3 is 2.48 bits per heavy atom. The van der Waals surface area contributed by atoms with E-state index in [1.54, 1.807) is 24.5 Å². The summed E-state index contributed by atoms with van der Waals surface area (Å²) in [5.74, 6) is 0.719. The zero-order valence-electron chi connectivity index (χ0n) is 21.7. The third-order valence-corrected chi connectivity index (χ3v) is 7.12. The number of nitrogens with one attached hydrogen (secondary N) is 1. The normalized spacial score (nSPS) is 14.2. The Morgan fingerprint density at radius 1 is 0.975 bits per heavy atom. The number of likely N-dealkylation sites (tertiary alicyclic amines) is 1. The Balaban J connectivity index is 1.17. The van der Waals surface area contributed by atoms with Crippen molar-refractivity contribution >= 4 is 17.5 Å². The van der Waals surface area contributed by atoms with E-state index in [0.29, 0.717) is 17.6 Å². The number of carbonyl (C=O) groups excluding carboxylic acids is 1. The number of amides is 1. The van der Waals surface area contributed by atoms with Gasteiger partial charge in [-0.3, -0.25) is 14.1 Å². The van der Waals surface area contributed by atoms with E-state index in [2.05, 4.69) is 49.4 Å². The van der Waals surface area contributed by atoms with Gasteiger partial charge < -0.3 is 11.1 Å². The lowest BCUT2D eigenvalue weighted by molar-refractivity contribution is 0.0995. The van der Waals surface area contributed by atoms with Gasteiger partial charge in [0.2, 0.25) is 11.6 Å². The van der Waals surface area contributed by atoms with Gasteiger partial charge in [-0.25, -0.2) is 19.9 Å². The Morgan fingerprint density at radius 2 is 1.75 bits per heavy atom. The molecule has 6 rings (SSSR count). The molecule has 1 aliphatic rings. The van der Waals surface area contributed by atoms with Crippen molar-refractivity contribution in [2.24, 2.45) is 5.73 Å². The highest BCUT2D eigenvalue weighted by Gasteiger charge is 2.21. The Hall–Kier alpha value is -5.14. The number of imidazole rings is 1. The lowest BCUT2D eigenvalue weighted by atomic mass is 10.0. The molecule has 1 aliphatic heterocycles. The molecule has 0 radical (unpaired) electrons. The molecular weight excluding hydrogens is 502 g/mol. The number of benzene rings is 2. The smallest absolute Gasteiger partial charge is 0.267 e. The summed E-state index contributed by atoms with van der Waals surface area (Å²) < 4.78 is 1.89. The van der Waals surface area contributed by atoms with Crippen molar-refractivity contribution in [1.29, 1.82) is 5.26 Å². The van der Waals surface area contributed by atoms with Gasteiger partial charge in [0.1, 0.15) is 17.6 Å². The summed E-state index contributed by atoms with van der Waals surface area (Å²) in [5, 5.41) is 12.5. The summed E-state index contributed by atoms with van der Waals surface area (Å²) in [7, 11) is 0. The number of fused-ring (bicyclic) bond motifs is 1. The molecule has 3 aromatic heterocycles. The number of nitrogens with zero attached hydrogens (tertiary/aromatic N) is 7. The maximum atomic E-state index is 11.7. The molecule has 2 aromatic carbocycles.